The van der Waals surface area contributed by atoms with Gasteiger partial charge in [0.05, 0.1) is 23.8 Å². The van der Waals surface area contributed by atoms with Crippen molar-refractivity contribution < 1.29 is 4.79 Å². The second kappa shape index (κ2) is 7.54. The number of fused-ring (bicyclic) bond motifs is 1. The topological polar surface area (TPSA) is 78.0 Å². The van der Waals surface area contributed by atoms with Crippen molar-refractivity contribution in [3.8, 4) is 0 Å². The highest BCUT2D eigenvalue weighted by atomic mass is 16.2. The molecule has 1 atom stereocenters. The Morgan fingerprint density at radius 1 is 1.16 bits per heavy atom. The fourth-order valence-corrected chi connectivity index (χ4v) is 4.47. The van der Waals surface area contributed by atoms with Gasteiger partial charge in [0.25, 0.3) is 5.91 Å². The molecule has 3 aromatic heterocycles. The van der Waals surface area contributed by atoms with Gasteiger partial charge in [0.1, 0.15) is 5.69 Å². The van der Waals surface area contributed by atoms with Crippen LogP contribution in [0.4, 0.5) is 0 Å². The maximum absolute atomic E-state index is 13.5. The van der Waals surface area contributed by atoms with E-state index in [1.807, 2.05) is 49.4 Å². The standard InChI is InChI=1S/C23H24N6O2/c1-16-13-20(26(2)25-16)22(30)27-12-10-18(15-27)29-21-19(9-6-11-24-21)28(23(29)31)14-17-7-4-3-5-8-17/h3-9,11,13,18H,10,12,14-15H2,1-2H3/t18-/m1/s1. The molecule has 1 aliphatic rings. The summed E-state index contributed by atoms with van der Waals surface area (Å²) < 4.78 is 5.15. The first-order chi connectivity index (χ1) is 15.0. The number of amides is 1. The van der Waals surface area contributed by atoms with Gasteiger partial charge in [-0.1, -0.05) is 30.3 Å². The molecule has 5 rings (SSSR count). The lowest BCUT2D eigenvalue weighted by Gasteiger charge is -2.17. The Kier molecular flexibility index (Phi) is 4.69. The van der Waals surface area contributed by atoms with Gasteiger partial charge in [0, 0.05) is 26.3 Å². The van der Waals surface area contributed by atoms with Crippen LogP contribution in [-0.4, -0.2) is 47.8 Å². The van der Waals surface area contributed by atoms with Gasteiger partial charge in [-0.05, 0) is 37.1 Å². The van der Waals surface area contributed by atoms with Gasteiger partial charge < -0.3 is 4.90 Å². The molecule has 31 heavy (non-hydrogen) atoms. The van der Waals surface area contributed by atoms with Gasteiger partial charge in [-0.3, -0.25) is 18.6 Å². The molecule has 4 heterocycles. The predicted octanol–water partition coefficient (Wildman–Crippen LogP) is 2.38. The van der Waals surface area contributed by atoms with E-state index in [9.17, 15) is 9.59 Å². The largest absolute Gasteiger partial charge is 0.335 e. The average Bonchev–Trinajstić information content (AvgIpc) is 3.45. The summed E-state index contributed by atoms with van der Waals surface area (Å²) in [7, 11) is 1.78. The van der Waals surface area contributed by atoms with Crippen molar-refractivity contribution >= 4 is 17.1 Å². The number of hydrogen-bond acceptors (Lipinski definition) is 4. The van der Waals surface area contributed by atoms with Crippen LogP contribution in [0.2, 0.25) is 0 Å². The van der Waals surface area contributed by atoms with Crippen molar-refractivity contribution in [3.63, 3.8) is 0 Å². The fourth-order valence-electron chi connectivity index (χ4n) is 4.47. The van der Waals surface area contributed by atoms with Gasteiger partial charge in [0.15, 0.2) is 5.65 Å². The van der Waals surface area contributed by atoms with Crippen LogP contribution < -0.4 is 5.69 Å². The first-order valence-corrected chi connectivity index (χ1v) is 10.4. The highest BCUT2D eigenvalue weighted by molar-refractivity contribution is 5.93. The van der Waals surface area contributed by atoms with E-state index in [2.05, 4.69) is 10.1 Å². The van der Waals surface area contributed by atoms with E-state index in [1.165, 1.54) is 0 Å². The molecule has 8 nitrogen and oxygen atoms in total. The van der Waals surface area contributed by atoms with Crippen LogP contribution in [0.15, 0.2) is 59.5 Å². The minimum absolute atomic E-state index is 0.0559. The minimum Gasteiger partial charge on any atom is -0.335 e. The lowest BCUT2D eigenvalue weighted by molar-refractivity contribution is 0.0776. The number of nitrogens with zero attached hydrogens (tertiary/aromatic N) is 6. The number of carbonyl (C=O) groups excluding carboxylic acids is 1. The molecule has 0 spiro atoms. The number of imidazole rings is 1. The number of benzene rings is 1. The molecule has 0 aliphatic carbocycles. The summed E-state index contributed by atoms with van der Waals surface area (Å²) in [4.78, 5) is 32.8. The molecular weight excluding hydrogens is 392 g/mol. The summed E-state index contributed by atoms with van der Waals surface area (Å²) >= 11 is 0. The van der Waals surface area contributed by atoms with E-state index < -0.39 is 0 Å². The molecule has 1 fully saturated rings. The van der Waals surface area contributed by atoms with E-state index in [0.29, 0.717) is 37.4 Å². The van der Waals surface area contributed by atoms with Crippen LogP contribution in [0.5, 0.6) is 0 Å². The number of hydrogen-bond donors (Lipinski definition) is 0. The van der Waals surface area contributed by atoms with Crippen molar-refractivity contribution in [1.82, 2.24) is 28.8 Å². The minimum atomic E-state index is -0.111. The maximum Gasteiger partial charge on any atom is 0.330 e. The lowest BCUT2D eigenvalue weighted by atomic mass is 10.2. The third-order valence-electron chi connectivity index (χ3n) is 5.94. The molecule has 0 radical (unpaired) electrons. The summed E-state index contributed by atoms with van der Waals surface area (Å²) in [5.74, 6) is -0.0559. The molecular formula is C23H24N6O2. The third kappa shape index (κ3) is 3.34. The van der Waals surface area contributed by atoms with Crippen LogP contribution >= 0.6 is 0 Å². The Balaban J connectivity index is 1.48. The average molecular weight is 416 g/mol. The smallest absolute Gasteiger partial charge is 0.330 e. The zero-order valence-corrected chi connectivity index (χ0v) is 17.6. The number of aryl methyl sites for hydroxylation is 2. The van der Waals surface area contributed by atoms with Crippen LogP contribution in [0, 0.1) is 6.92 Å². The zero-order chi connectivity index (χ0) is 21.5. The Bertz CT molecular complexity index is 1320. The lowest BCUT2D eigenvalue weighted by Crippen LogP contribution is -2.33. The SMILES string of the molecule is Cc1cc(C(=O)N2CC[C@@H](n3c(=O)n(Cc4ccccc4)c4cccnc43)C2)n(C)n1. The van der Waals surface area contributed by atoms with Crippen LogP contribution in [0.1, 0.15) is 34.2 Å². The third-order valence-corrected chi connectivity index (χ3v) is 5.94. The second-order valence-corrected chi connectivity index (χ2v) is 8.06. The maximum atomic E-state index is 13.5. The molecule has 158 valence electrons. The van der Waals surface area contributed by atoms with E-state index >= 15 is 0 Å². The quantitative estimate of drug-likeness (QED) is 0.512. The Hall–Kier alpha value is -3.68. The van der Waals surface area contributed by atoms with Crippen molar-refractivity contribution in [3.05, 3.63) is 82.2 Å². The molecule has 0 saturated carbocycles. The molecule has 1 amide bonds. The molecule has 1 aliphatic heterocycles. The normalized spacial score (nSPS) is 16.3. The van der Waals surface area contributed by atoms with Crippen molar-refractivity contribution in [2.75, 3.05) is 13.1 Å². The number of aromatic nitrogens is 5. The van der Waals surface area contributed by atoms with Gasteiger partial charge >= 0.3 is 5.69 Å². The van der Waals surface area contributed by atoms with Crippen molar-refractivity contribution in [2.45, 2.75) is 25.9 Å². The molecule has 4 aromatic rings. The summed E-state index contributed by atoms with van der Waals surface area (Å²) in [5.41, 5.74) is 3.82. The molecule has 0 unspecified atom stereocenters. The van der Waals surface area contributed by atoms with Gasteiger partial charge in [-0.2, -0.15) is 5.10 Å². The molecule has 0 bridgehead atoms. The van der Waals surface area contributed by atoms with Crippen LogP contribution in [-0.2, 0) is 13.6 Å². The number of pyridine rings is 1. The zero-order valence-electron chi connectivity index (χ0n) is 17.6. The Labute approximate surface area is 179 Å². The monoisotopic (exact) mass is 416 g/mol. The summed E-state index contributed by atoms with van der Waals surface area (Å²) in [5, 5.41) is 4.28. The number of carbonyl (C=O) groups is 1. The highest BCUT2D eigenvalue weighted by Crippen LogP contribution is 2.25. The predicted molar refractivity (Wildman–Crippen MR) is 117 cm³/mol. The van der Waals surface area contributed by atoms with E-state index in [4.69, 9.17) is 0 Å². The summed E-state index contributed by atoms with van der Waals surface area (Å²) in [6.45, 7) is 3.43. The molecule has 0 N–H and O–H groups in total. The number of likely N-dealkylation sites (tertiary alicyclic amines) is 1. The molecule has 1 aromatic carbocycles. The van der Waals surface area contributed by atoms with E-state index in [-0.39, 0.29) is 17.6 Å². The summed E-state index contributed by atoms with van der Waals surface area (Å²) in [6.07, 6.45) is 2.42. The molecule has 8 heteroatoms. The van der Waals surface area contributed by atoms with E-state index in [0.717, 1.165) is 16.8 Å². The van der Waals surface area contributed by atoms with Gasteiger partial charge in [0.2, 0.25) is 0 Å². The Morgan fingerprint density at radius 2 is 1.97 bits per heavy atom. The Morgan fingerprint density at radius 3 is 2.71 bits per heavy atom. The summed E-state index contributed by atoms with van der Waals surface area (Å²) in [6, 6.07) is 15.4. The number of rotatable bonds is 4. The molecule has 1 saturated heterocycles. The fraction of sp³-hybridized carbons (Fsp3) is 0.304. The van der Waals surface area contributed by atoms with Gasteiger partial charge in [-0.15, -0.1) is 0 Å². The second-order valence-electron chi connectivity index (χ2n) is 8.06. The first-order valence-electron chi connectivity index (χ1n) is 10.4. The van der Waals surface area contributed by atoms with Crippen LogP contribution in [0.3, 0.4) is 0 Å². The van der Waals surface area contributed by atoms with E-state index in [1.54, 1.807) is 38.0 Å². The van der Waals surface area contributed by atoms with Gasteiger partial charge in [-0.25, -0.2) is 9.78 Å². The highest BCUT2D eigenvalue weighted by Gasteiger charge is 2.32. The van der Waals surface area contributed by atoms with Crippen molar-refractivity contribution in [1.29, 1.82) is 0 Å². The first kappa shape index (κ1) is 19.3. The van der Waals surface area contributed by atoms with Crippen LogP contribution in [0.25, 0.3) is 11.2 Å². The van der Waals surface area contributed by atoms with Crippen molar-refractivity contribution in [2.24, 2.45) is 7.05 Å².